The van der Waals surface area contributed by atoms with E-state index in [1.165, 1.54) is 11.3 Å². The van der Waals surface area contributed by atoms with Crippen LogP contribution in [-0.2, 0) is 16.0 Å². The second-order valence-electron chi connectivity index (χ2n) is 6.96. The maximum Gasteiger partial charge on any atom is 0.335 e. The lowest BCUT2D eigenvalue weighted by Gasteiger charge is -2.27. The number of carbonyl (C=O) groups is 3. The second-order valence-corrected chi connectivity index (χ2v) is 6.96. The molecule has 2 aliphatic heterocycles. The third-order valence-corrected chi connectivity index (χ3v) is 5.25. The average molecular weight is 375 g/mol. The number of barbiturate groups is 1. The average Bonchev–Trinajstić information content (AvgIpc) is 3.09. The van der Waals surface area contributed by atoms with Gasteiger partial charge in [0.05, 0.1) is 5.69 Å². The van der Waals surface area contributed by atoms with Crippen molar-refractivity contribution in [3.8, 4) is 0 Å². The Bertz CT molecular complexity index is 1030. The molecule has 4 rings (SSSR count). The van der Waals surface area contributed by atoms with E-state index in [4.69, 9.17) is 0 Å². The van der Waals surface area contributed by atoms with Crippen LogP contribution in [0.1, 0.15) is 23.6 Å². The molecule has 1 fully saturated rings. The Morgan fingerprint density at radius 3 is 2.61 bits per heavy atom. The third kappa shape index (κ3) is 2.97. The number of rotatable bonds is 3. The van der Waals surface area contributed by atoms with Crippen LogP contribution in [0.3, 0.4) is 0 Å². The van der Waals surface area contributed by atoms with Gasteiger partial charge >= 0.3 is 6.03 Å². The number of nitrogens with zero attached hydrogens (tertiary/aromatic N) is 2. The zero-order valence-corrected chi connectivity index (χ0v) is 15.9. The third-order valence-electron chi connectivity index (χ3n) is 5.25. The second kappa shape index (κ2) is 6.96. The number of amides is 4. The van der Waals surface area contributed by atoms with Gasteiger partial charge in [-0.15, -0.1) is 0 Å². The van der Waals surface area contributed by atoms with Gasteiger partial charge in [-0.05, 0) is 61.2 Å². The highest BCUT2D eigenvalue weighted by atomic mass is 16.2. The Labute approximate surface area is 163 Å². The molecule has 1 N–H and O–H groups in total. The van der Waals surface area contributed by atoms with Gasteiger partial charge in [-0.3, -0.25) is 14.9 Å². The summed E-state index contributed by atoms with van der Waals surface area (Å²) in [7, 11) is 0. The van der Waals surface area contributed by atoms with Crippen LogP contribution >= 0.6 is 0 Å². The van der Waals surface area contributed by atoms with Crippen molar-refractivity contribution in [1.29, 1.82) is 0 Å². The highest BCUT2D eigenvalue weighted by Crippen LogP contribution is 2.30. The fourth-order valence-electron chi connectivity index (χ4n) is 3.77. The number of anilines is 2. The van der Waals surface area contributed by atoms with Gasteiger partial charge in [-0.2, -0.15) is 0 Å². The molecule has 4 amide bonds. The normalized spacial score (nSPS) is 17.9. The van der Waals surface area contributed by atoms with Crippen LogP contribution in [0.25, 0.3) is 6.08 Å². The molecule has 6 nitrogen and oxygen atoms in total. The fraction of sp³-hybridized carbons (Fsp3) is 0.227. The van der Waals surface area contributed by atoms with Gasteiger partial charge < -0.3 is 4.90 Å². The first-order chi connectivity index (χ1) is 13.5. The van der Waals surface area contributed by atoms with Crippen molar-refractivity contribution in [3.05, 3.63) is 64.7 Å². The van der Waals surface area contributed by atoms with E-state index in [1.807, 2.05) is 37.3 Å². The molecular weight excluding hydrogens is 354 g/mol. The summed E-state index contributed by atoms with van der Waals surface area (Å²) >= 11 is 0. The van der Waals surface area contributed by atoms with Crippen LogP contribution in [-0.4, -0.2) is 30.9 Å². The smallest absolute Gasteiger partial charge is 0.335 e. The highest BCUT2D eigenvalue weighted by Gasteiger charge is 2.37. The van der Waals surface area contributed by atoms with Gasteiger partial charge in [-0.1, -0.05) is 24.3 Å². The number of benzene rings is 2. The van der Waals surface area contributed by atoms with Crippen molar-refractivity contribution >= 4 is 35.3 Å². The first kappa shape index (κ1) is 18.0. The molecule has 0 aromatic heterocycles. The van der Waals surface area contributed by atoms with Crippen molar-refractivity contribution in [2.75, 3.05) is 22.9 Å². The molecule has 2 aliphatic rings. The molecular formula is C22H21N3O3. The van der Waals surface area contributed by atoms with E-state index in [0.717, 1.165) is 35.5 Å². The molecule has 0 spiro atoms. The van der Waals surface area contributed by atoms with E-state index in [2.05, 4.69) is 17.1 Å². The molecule has 2 aromatic carbocycles. The Hall–Kier alpha value is -3.41. The summed E-state index contributed by atoms with van der Waals surface area (Å²) in [6.07, 6.45) is 2.50. The molecule has 0 unspecified atom stereocenters. The lowest BCUT2D eigenvalue weighted by Crippen LogP contribution is -2.54. The van der Waals surface area contributed by atoms with Gasteiger partial charge in [0.1, 0.15) is 5.57 Å². The predicted octanol–water partition coefficient (Wildman–Crippen LogP) is 3.04. The maximum absolute atomic E-state index is 13.0. The summed E-state index contributed by atoms with van der Waals surface area (Å²) in [4.78, 5) is 41.0. The minimum atomic E-state index is -0.728. The van der Waals surface area contributed by atoms with Gasteiger partial charge in [-0.25, -0.2) is 9.69 Å². The van der Waals surface area contributed by atoms with Crippen molar-refractivity contribution in [2.45, 2.75) is 20.3 Å². The predicted molar refractivity (Wildman–Crippen MR) is 108 cm³/mol. The number of aryl methyl sites for hydroxylation is 1. The van der Waals surface area contributed by atoms with Crippen molar-refractivity contribution in [3.63, 3.8) is 0 Å². The first-order valence-electron chi connectivity index (χ1n) is 9.34. The quantitative estimate of drug-likeness (QED) is 0.661. The van der Waals surface area contributed by atoms with E-state index >= 15 is 0 Å². The molecule has 28 heavy (non-hydrogen) atoms. The Morgan fingerprint density at radius 2 is 1.86 bits per heavy atom. The van der Waals surface area contributed by atoms with Crippen LogP contribution in [0.2, 0.25) is 0 Å². The summed E-state index contributed by atoms with van der Waals surface area (Å²) in [6, 6.07) is 12.3. The summed E-state index contributed by atoms with van der Waals surface area (Å²) in [5, 5.41) is 2.28. The molecule has 2 heterocycles. The van der Waals surface area contributed by atoms with Gasteiger partial charge in [0.25, 0.3) is 11.8 Å². The molecule has 0 bridgehead atoms. The number of likely N-dealkylation sites (N-methyl/N-ethyl adjacent to an activating group) is 1. The number of hydrogen-bond donors (Lipinski definition) is 1. The molecule has 1 saturated heterocycles. The summed E-state index contributed by atoms with van der Waals surface area (Å²) in [5.74, 6) is -1.28. The van der Waals surface area contributed by atoms with Crippen LogP contribution < -0.4 is 15.1 Å². The van der Waals surface area contributed by atoms with Gasteiger partial charge in [0.2, 0.25) is 0 Å². The number of hydrogen-bond acceptors (Lipinski definition) is 4. The monoisotopic (exact) mass is 375 g/mol. The largest absolute Gasteiger partial charge is 0.371 e. The van der Waals surface area contributed by atoms with Crippen LogP contribution in [0.5, 0.6) is 0 Å². The number of nitrogens with one attached hydrogen (secondary N) is 1. The van der Waals surface area contributed by atoms with E-state index < -0.39 is 17.8 Å². The van der Waals surface area contributed by atoms with E-state index in [-0.39, 0.29) is 5.57 Å². The number of fused-ring (bicyclic) bond motifs is 1. The topological polar surface area (TPSA) is 69.7 Å². The van der Waals surface area contributed by atoms with Gasteiger partial charge in [0, 0.05) is 18.8 Å². The number of imide groups is 2. The Kier molecular flexibility index (Phi) is 4.47. The molecule has 6 heteroatoms. The summed E-state index contributed by atoms with van der Waals surface area (Å²) in [5.41, 5.74) is 4.36. The van der Waals surface area contributed by atoms with Crippen molar-refractivity contribution in [2.24, 2.45) is 0 Å². The van der Waals surface area contributed by atoms with E-state index in [0.29, 0.717) is 5.69 Å². The molecule has 0 aliphatic carbocycles. The van der Waals surface area contributed by atoms with E-state index in [1.54, 1.807) is 18.2 Å². The SMILES string of the molecule is CCN1CCc2cc(C=C3C(=O)NC(=O)N(c4ccccc4C)C3=O)ccc21. The zero-order chi connectivity index (χ0) is 19.8. The first-order valence-corrected chi connectivity index (χ1v) is 9.34. The number of carbonyl (C=O) groups excluding carboxylic acids is 3. The molecule has 0 radical (unpaired) electrons. The van der Waals surface area contributed by atoms with Gasteiger partial charge in [0.15, 0.2) is 0 Å². The fourth-order valence-corrected chi connectivity index (χ4v) is 3.77. The highest BCUT2D eigenvalue weighted by molar-refractivity contribution is 6.39. The summed E-state index contributed by atoms with van der Waals surface area (Å²) in [6.45, 7) is 5.85. The number of para-hydroxylation sites is 1. The van der Waals surface area contributed by atoms with E-state index in [9.17, 15) is 14.4 Å². The lowest BCUT2D eigenvalue weighted by molar-refractivity contribution is -0.122. The number of urea groups is 1. The minimum Gasteiger partial charge on any atom is -0.371 e. The molecule has 142 valence electrons. The standard InChI is InChI=1S/C22H21N3O3/c1-3-24-11-10-16-12-15(8-9-19(16)24)13-17-20(26)23-22(28)25(21(17)27)18-7-5-4-6-14(18)2/h4-9,12-13H,3,10-11H2,1-2H3,(H,23,26,28). The summed E-state index contributed by atoms with van der Waals surface area (Å²) < 4.78 is 0. The Morgan fingerprint density at radius 1 is 1.07 bits per heavy atom. The minimum absolute atomic E-state index is 0.0480. The van der Waals surface area contributed by atoms with Crippen LogP contribution in [0, 0.1) is 6.92 Å². The van der Waals surface area contributed by atoms with Crippen molar-refractivity contribution in [1.82, 2.24) is 5.32 Å². The molecule has 0 atom stereocenters. The zero-order valence-electron chi connectivity index (χ0n) is 15.9. The van der Waals surface area contributed by atoms with Crippen molar-refractivity contribution < 1.29 is 14.4 Å². The Balaban J connectivity index is 1.71. The van der Waals surface area contributed by atoms with Crippen LogP contribution in [0.4, 0.5) is 16.2 Å². The molecule has 0 saturated carbocycles. The van der Waals surface area contributed by atoms with Crippen LogP contribution in [0.15, 0.2) is 48.0 Å². The maximum atomic E-state index is 13.0. The lowest BCUT2D eigenvalue weighted by atomic mass is 10.0. The molecule has 2 aromatic rings.